The number of rotatable bonds is 3. The number of hydrogen-bond donors (Lipinski definition) is 1. The van der Waals surface area contributed by atoms with Gasteiger partial charge in [0.2, 0.25) is 0 Å². The van der Waals surface area contributed by atoms with Crippen LogP contribution >= 0.6 is 11.3 Å². The Morgan fingerprint density at radius 3 is 2.82 bits per heavy atom. The molecule has 1 N–H and O–H groups in total. The van der Waals surface area contributed by atoms with Crippen LogP contribution in [0.2, 0.25) is 0 Å². The SMILES string of the molecule is Cc1cscc1CNC1CCCC(C)(C)CC1. The smallest absolute Gasteiger partial charge is 0.0218 e. The summed E-state index contributed by atoms with van der Waals surface area (Å²) in [7, 11) is 0. The number of thiophene rings is 1. The summed E-state index contributed by atoms with van der Waals surface area (Å²) < 4.78 is 0. The van der Waals surface area contributed by atoms with Gasteiger partial charge in [0.1, 0.15) is 0 Å². The first kappa shape index (κ1) is 13.1. The van der Waals surface area contributed by atoms with Crippen molar-refractivity contribution >= 4 is 11.3 Å². The predicted molar refractivity (Wildman–Crippen MR) is 76.5 cm³/mol. The predicted octanol–water partition coefficient (Wildman–Crippen LogP) is 4.51. The van der Waals surface area contributed by atoms with Crippen LogP contribution < -0.4 is 5.32 Å². The quantitative estimate of drug-likeness (QED) is 0.780. The lowest BCUT2D eigenvalue weighted by atomic mass is 9.85. The van der Waals surface area contributed by atoms with Crippen LogP contribution in [0.3, 0.4) is 0 Å². The molecule has 2 rings (SSSR count). The first-order chi connectivity index (χ1) is 8.07. The summed E-state index contributed by atoms with van der Waals surface area (Å²) >= 11 is 1.82. The highest BCUT2D eigenvalue weighted by Crippen LogP contribution is 2.33. The molecule has 0 bridgehead atoms. The topological polar surface area (TPSA) is 12.0 Å². The molecule has 1 nitrogen and oxygen atoms in total. The van der Waals surface area contributed by atoms with Crippen molar-refractivity contribution in [3.8, 4) is 0 Å². The van der Waals surface area contributed by atoms with Gasteiger partial charge in [-0.2, -0.15) is 11.3 Å². The van der Waals surface area contributed by atoms with E-state index in [9.17, 15) is 0 Å². The maximum absolute atomic E-state index is 3.75. The molecule has 1 saturated carbocycles. The van der Waals surface area contributed by atoms with E-state index >= 15 is 0 Å². The normalized spacial score (nSPS) is 24.5. The van der Waals surface area contributed by atoms with Crippen LogP contribution in [0.1, 0.15) is 57.1 Å². The molecule has 0 amide bonds. The summed E-state index contributed by atoms with van der Waals surface area (Å²) in [6.07, 6.45) is 6.84. The van der Waals surface area contributed by atoms with Crippen LogP contribution in [-0.2, 0) is 6.54 Å². The van der Waals surface area contributed by atoms with Crippen molar-refractivity contribution in [2.75, 3.05) is 0 Å². The van der Waals surface area contributed by atoms with E-state index in [2.05, 4.69) is 36.8 Å². The zero-order chi connectivity index (χ0) is 12.3. The van der Waals surface area contributed by atoms with E-state index in [0.29, 0.717) is 5.41 Å². The van der Waals surface area contributed by atoms with Gasteiger partial charge in [0.15, 0.2) is 0 Å². The van der Waals surface area contributed by atoms with Crippen LogP contribution in [-0.4, -0.2) is 6.04 Å². The molecule has 17 heavy (non-hydrogen) atoms. The van der Waals surface area contributed by atoms with Crippen molar-refractivity contribution < 1.29 is 0 Å². The molecule has 1 atom stereocenters. The van der Waals surface area contributed by atoms with Crippen molar-refractivity contribution in [1.29, 1.82) is 0 Å². The molecule has 1 aliphatic rings. The van der Waals surface area contributed by atoms with E-state index < -0.39 is 0 Å². The lowest BCUT2D eigenvalue weighted by Gasteiger charge is -2.22. The monoisotopic (exact) mass is 251 g/mol. The van der Waals surface area contributed by atoms with Crippen LogP contribution in [0.4, 0.5) is 0 Å². The van der Waals surface area contributed by atoms with Gasteiger partial charge in [0.25, 0.3) is 0 Å². The first-order valence-corrected chi connectivity index (χ1v) is 7.76. The van der Waals surface area contributed by atoms with Gasteiger partial charge in [0.05, 0.1) is 0 Å². The lowest BCUT2D eigenvalue weighted by molar-refractivity contribution is 0.309. The Labute approximate surface area is 110 Å². The molecular weight excluding hydrogens is 226 g/mol. The Bertz CT molecular complexity index is 354. The molecule has 1 fully saturated rings. The molecule has 0 radical (unpaired) electrons. The Morgan fingerprint density at radius 1 is 1.29 bits per heavy atom. The van der Waals surface area contributed by atoms with Gasteiger partial charge in [-0.15, -0.1) is 0 Å². The molecule has 1 heterocycles. The molecule has 96 valence electrons. The molecule has 0 saturated heterocycles. The van der Waals surface area contributed by atoms with Crippen molar-refractivity contribution in [2.45, 2.75) is 65.5 Å². The summed E-state index contributed by atoms with van der Waals surface area (Å²) in [6, 6.07) is 0.732. The second-order valence-electron chi connectivity index (χ2n) is 6.25. The average Bonchev–Trinajstić information content (AvgIpc) is 2.58. The Balaban J connectivity index is 1.82. The van der Waals surface area contributed by atoms with E-state index in [1.165, 1.54) is 43.2 Å². The third-order valence-electron chi connectivity index (χ3n) is 4.12. The molecular formula is C15H25NS. The molecule has 0 spiro atoms. The summed E-state index contributed by atoms with van der Waals surface area (Å²) in [4.78, 5) is 0. The first-order valence-electron chi connectivity index (χ1n) is 6.82. The third kappa shape index (κ3) is 3.82. The van der Waals surface area contributed by atoms with Crippen LogP contribution in [0, 0.1) is 12.3 Å². The van der Waals surface area contributed by atoms with Crippen molar-refractivity contribution in [2.24, 2.45) is 5.41 Å². The highest BCUT2D eigenvalue weighted by atomic mass is 32.1. The van der Waals surface area contributed by atoms with Crippen LogP contribution in [0.25, 0.3) is 0 Å². The Kier molecular flexibility index (Phi) is 4.26. The van der Waals surface area contributed by atoms with Crippen molar-refractivity contribution in [3.05, 3.63) is 21.9 Å². The van der Waals surface area contributed by atoms with Gasteiger partial charge >= 0.3 is 0 Å². The second-order valence-corrected chi connectivity index (χ2v) is 7.00. The minimum atomic E-state index is 0.564. The molecule has 1 aliphatic carbocycles. The Hall–Kier alpha value is -0.340. The minimum absolute atomic E-state index is 0.564. The third-order valence-corrected chi connectivity index (χ3v) is 5.03. The fourth-order valence-corrected chi connectivity index (χ4v) is 3.54. The van der Waals surface area contributed by atoms with E-state index in [1.54, 1.807) is 0 Å². The van der Waals surface area contributed by atoms with Gasteiger partial charge in [-0.25, -0.2) is 0 Å². The fraction of sp³-hybridized carbons (Fsp3) is 0.733. The standard InChI is InChI=1S/C15H25NS/c1-12-10-17-11-13(12)9-16-14-5-4-7-15(2,3)8-6-14/h10-11,14,16H,4-9H2,1-3H3. The zero-order valence-corrected chi connectivity index (χ0v) is 12.2. The maximum atomic E-state index is 3.75. The Morgan fingerprint density at radius 2 is 2.12 bits per heavy atom. The van der Waals surface area contributed by atoms with E-state index in [4.69, 9.17) is 0 Å². The molecule has 2 heteroatoms. The maximum Gasteiger partial charge on any atom is 0.0218 e. The van der Waals surface area contributed by atoms with Crippen LogP contribution in [0.15, 0.2) is 10.8 Å². The van der Waals surface area contributed by atoms with Crippen molar-refractivity contribution in [3.63, 3.8) is 0 Å². The minimum Gasteiger partial charge on any atom is -0.310 e. The van der Waals surface area contributed by atoms with E-state index in [0.717, 1.165) is 12.6 Å². The lowest BCUT2D eigenvalue weighted by Crippen LogP contribution is -2.28. The van der Waals surface area contributed by atoms with Gasteiger partial charge in [-0.1, -0.05) is 20.3 Å². The van der Waals surface area contributed by atoms with Gasteiger partial charge in [-0.05, 0) is 59.9 Å². The molecule has 0 aliphatic heterocycles. The fourth-order valence-electron chi connectivity index (χ4n) is 2.69. The van der Waals surface area contributed by atoms with Gasteiger partial charge < -0.3 is 5.32 Å². The van der Waals surface area contributed by atoms with Crippen LogP contribution in [0.5, 0.6) is 0 Å². The van der Waals surface area contributed by atoms with E-state index in [1.807, 2.05) is 11.3 Å². The number of nitrogens with one attached hydrogen (secondary N) is 1. The summed E-state index contributed by atoms with van der Waals surface area (Å²) in [6.45, 7) is 8.10. The average molecular weight is 251 g/mol. The summed E-state index contributed by atoms with van der Waals surface area (Å²) in [5, 5.41) is 8.27. The van der Waals surface area contributed by atoms with Gasteiger partial charge in [-0.3, -0.25) is 0 Å². The highest BCUT2D eigenvalue weighted by Gasteiger charge is 2.23. The van der Waals surface area contributed by atoms with Gasteiger partial charge in [0, 0.05) is 12.6 Å². The summed E-state index contributed by atoms with van der Waals surface area (Å²) in [5.41, 5.74) is 3.49. The molecule has 1 aromatic heterocycles. The highest BCUT2D eigenvalue weighted by molar-refractivity contribution is 7.08. The second kappa shape index (κ2) is 5.53. The zero-order valence-electron chi connectivity index (χ0n) is 11.4. The van der Waals surface area contributed by atoms with Crippen molar-refractivity contribution in [1.82, 2.24) is 5.32 Å². The molecule has 1 unspecified atom stereocenters. The number of aryl methyl sites for hydroxylation is 1. The molecule has 0 aromatic carbocycles. The summed E-state index contributed by atoms with van der Waals surface area (Å²) in [5.74, 6) is 0. The number of hydrogen-bond acceptors (Lipinski definition) is 2. The largest absolute Gasteiger partial charge is 0.310 e. The molecule has 1 aromatic rings. The van der Waals surface area contributed by atoms with E-state index in [-0.39, 0.29) is 0 Å².